The van der Waals surface area contributed by atoms with E-state index in [4.69, 9.17) is 16.3 Å². The molecular weight excluding hydrogens is 403 g/mol. The van der Waals surface area contributed by atoms with Gasteiger partial charge in [-0.3, -0.25) is 4.79 Å². The quantitative estimate of drug-likeness (QED) is 0.564. The maximum Gasteiger partial charge on any atom is 0.230 e. The van der Waals surface area contributed by atoms with Crippen LogP contribution in [0, 0.1) is 5.82 Å². The number of thioether (sulfide) groups is 1. The van der Waals surface area contributed by atoms with Gasteiger partial charge in [-0.1, -0.05) is 53.7 Å². The predicted octanol–water partition coefficient (Wildman–Crippen LogP) is 3.60. The van der Waals surface area contributed by atoms with Crippen LogP contribution in [0.3, 0.4) is 0 Å². The molecule has 1 N–H and O–H groups in total. The lowest BCUT2D eigenvalue weighted by Gasteiger charge is -2.08. The molecule has 3 aromatic rings. The number of amides is 1. The number of aromatic nitrogens is 3. The predicted molar refractivity (Wildman–Crippen MR) is 106 cm³/mol. The average molecular weight is 421 g/mol. The Morgan fingerprint density at radius 1 is 1.25 bits per heavy atom. The molecule has 0 bridgehead atoms. The van der Waals surface area contributed by atoms with Gasteiger partial charge in [-0.25, -0.2) is 4.39 Å². The summed E-state index contributed by atoms with van der Waals surface area (Å²) in [6, 6.07) is 13.6. The van der Waals surface area contributed by atoms with Gasteiger partial charge in [-0.05, 0) is 23.8 Å². The van der Waals surface area contributed by atoms with E-state index in [9.17, 15) is 9.18 Å². The van der Waals surface area contributed by atoms with Crippen LogP contribution in [0.5, 0.6) is 5.75 Å². The van der Waals surface area contributed by atoms with Crippen LogP contribution in [0.2, 0.25) is 5.02 Å². The molecular formula is C19H18ClFN4O2S. The molecule has 1 amide bonds. The van der Waals surface area contributed by atoms with E-state index in [1.807, 2.05) is 30.3 Å². The molecule has 0 aliphatic rings. The van der Waals surface area contributed by atoms with Crippen LogP contribution in [-0.2, 0) is 25.0 Å². The maximum absolute atomic E-state index is 13.1. The molecule has 28 heavy (non-hydrogen) atoms. The van der Waals surface area contributed by atoms with Crippen LogP contribution in [-0.4, -0.2) is 26.4 Å². The van der Waals surface area contributed by atoms with Gasteiger partial charge in [0.1, 0.15) is 18.2 Å². The SMILES string of the molecule is Cn1c(COc2ccc(F)cc2Cl)nnc1SCC(=O)NCc1ccccc1. The molecule has 0 fully saturated rings. The van der Waals surface area contributed by atoms with E-state index in [0.29, 0.717) is 23.3 Å². The largest absolute Gasteiger partial charge is 0.484 e. The lowest BCUT2D eigenvalue weighted by Crippen LogP contribution is -2.24. The second kappa shape index (κ2) is 9.57. The lowest BCUT2D eigenvalue weighted by molar-refractivity contribution is -0.118. The highest BCUT2D eigenvalue weighted by molar-refractivity contribution is 7.99. The molecule has 0 spiro atoms. The van der Waals surface area contributed by atoms with Crippen molar-refractivity contribution in [3.8, 4) is 5.75 Å². The van der Waals surface area contributed by atoms with Crippen LogP contribution in [0.25, 0.3) is 0 Å². The fourth-order valence-corrected chi connectivity index (χ4v) is 3.29. The second-order valence-electron chi connectivity index (χ2n) is 5.87. The van der Waals surface area contributed by atoms with Gasteiger partial charge in [0.05, 0.1) is 10.8 Å². The number of rotatable bonds is 8. The number of nitrogens with zero attached hydrogens (tertiary/aromatic N) is 3. The molecule has 6 nitrogen and oxygen atoms in total. The van der Waals surface area contributed by atoms with E-state index in [1.165, 1.54) is 30.0 Å². The number of hydrogen-bond acceptors (Lipinski definition) is 5. The highest BCUT2D eigenvalue weighted by atomic mass is 35.5. The van der Waals surface area contributed by atoms with Crippen molar-refractivity contribution in [3.05, 3.63) is 70.8 Å². The zero-order valence-corrected chi connectivity index (χ0v) is 16.6. The summed E-state index contributed by atoms with van der Waals surface area (Å²) in [6.45, 7) is 0.603. The number of nitrogens with one attached hydrogen (secondary N) is 1. The number of halogens is 2. The van der Waals surface area contributed by atoms with Crippen molar-refractivity contribution in [2.24, 2.45) is 7.05 Å². The molecule has 9 heteroatoms. The van der Waals surface area contributed by atoms with Crippen molar-refractivity contribution in [3.63, 3.8) is 0 Å². The minimum atomic E-state index is -0.430. The van der Waals surface area contributed by atoms with Gasteiger partial charge < -0.3 is 14.6 Å². The average Bonchev–Trinajstić information content (AvgIpc) is 3.04. The third-order valence-corrected chi connectivity index (χ3v) is 5.16. The molecule has 2 aromatic carbocycles. The van der Waals surface area contributed by atoms with Crippen LogP contribution >= 0.6 is 23.4 Å². The summed E-state index contributed by atoms with van der Waals surface area (Å²) in [5, 5.41) is 11.8. The van der Waals surface area contributed by atoms with Crippen molar-refractivity contribution in [1.82, 2.24) is 20.1 Å². The van der Waals surface area contributed by atoms with Gasteiger partial charge in [0.15, 0.2) is 11.0 Å². The number of carbonyl (C=O) groups excluding carboxylic acids is 1. The topological polar surface area (TPSA) is 69.0 Å². The third kappa shape index (κ3) is 5.46. The Morgan fingerprint density at radius 2 is 2.04 bits per heavy atom. The molecule has 3 rings (SSSR count). The summed E-state index contributed by atoms with van der Waals surface area (Å²) in [7, 11) is 1.79. The normalized spacial score (nSPS) is 10.7. The fourth-order valence-electron chi connectivity index (χ4n) is 2.31. The maximum atomic E-state index is 13.1. The van der Waals surface area contributed by atoms with Crippen LogP contribution in [0.1, 0.15) is 11.4 Å². The standard InChI is InChI=1S/C19H18ClFN4O2S/c1-25-17(11-27-16-8-7-14(21)9-15(16)20)23-24-19(25)28-12-18(26)22-10-13-5-3-2-4-6-13/h2-9H,10-12H2,1H3,(H,22,26). The third-order valence-electron chi connectivity index (χ3n) is 3.84. The molecule has 0 unspecified atom stereocenters. The Hall–Kier alpha value is -2.58. The van der Waals surface area contributed by atoms with E-state index < -0.39 is 5.82 Å². The summed E-state index contributed by atoms with van der Waals surface area (Å²) >= 11 is 7.23. The van der Waals surface area contributed by atoms with E-state index in [0.717, 1.165) is 5.56 Å². The Bertz CT molecular complexity index is 952. The molecule has 0 saturated heterocycles. The molecule has 0 radical (unpaired) electrons. The monoisotopic (exact) mass is 420 g/mol. The minimum Gasteiger partial charge on any atom is -0.484 e. The number of hydrogen-bond donors (Lipinski definition) is 1. The first-order valence-corrected chi connectivity index (χ1v) is 9.79. The number of ether oxygens (including phenoxy) is 1. The number of carbonyl (C=O) groups is 1. The Kier molecular flexibility index (Phi) is 6.89. The second-order valence-corrected chi connectivity index (χ2v) is 7.22. The summed E-state index contributed by atoms with van der Waals surface area (Å²) in [5.41, 5.74) is 1.04. The van der Waals surface area contributed by atoms with Crippen molar-refractivity contribution < 1.29 is 13.9 Å². The first kappa shape index (κ1) is 20.2. The van der Waals surface area contributed by atoms with Crippen LogP contribution in [0.15, 0.2) is 53.7 Å². The minimum absolute atomic E-state index is 0.0900. The zero-order valence-electron chi connectivity index (χ0n) is 15.1. The summed E-state index contributed by atoms with van der Waals surface area (Å²) < 4.78 is 20.4. The molecule has 0 aliphatic heterocycles. The van der Waals surface area contributed by atoms with Gasteiger partial charge in [0, 0.05) is 13.6 Å². The van der Waals surface area contributed by atoms with E-state index in [1.54, 1.807) is 11.6 Å². The van der Waals surface area contributed by atoms with Crippen LogP contribution in [0.4, 0.5) is 4.39 Å². The first-order chi connectivity index (χ1) is 13.5. The summed E-state index contributed by atoms with van der Waals surface area (Å²) in [5.74, 6) is 0.629. The van der Waals surface area contributed by atoms with Gasteiger partial charge in [0.25, 0.3) is 0 Å². The fraction of sp³-hybridized carbons (Fsp3) is 0.211. The summed E-state index contributed by atoms with van der Waals surface area (Å²) in [4.78, 5) is 12.0. The smallest absolute Gasteiger partial charge is 0.230 e. The Labute approximate surface area is 171 Å². The molecule has 1 aromatic heterocycles. The van der Waals surface area contributed by atoms with Crippen molar-refractivity contribution in [2.75, 3.05) is 5.75 Å². The first-order valence-electron chi connectivity index (χ1n) is 8.42. The van der Waals surface area contributed by atoms with Gasteiger partial charge in [-0.15, -0.1) is 10.2 Å². The lowest BCUT2D eigenvalue weighted by atomic mass is 10.2. The Balaban J connectivity index is 1.49. The van der Waals surface area contributed by atoms with Crippen molar-refractivity contribution in [1.29, 1.82) is 0 Å². The van der Waals surface area contributed by atoms with Gasteiger partial charge >= 0.3 is 0 Å². The van der Waals surface area contributed by atoms with E-state index >= 15 is 0 Å². The zero-order chi connectivity index (χ0) is 19.9. The molecule has 146 valence electrons. The molecule has 1 heterocycles. The molecule has 0 aliphatic carbocycles. The van der Waals surface area contributed by atoms with Gasteiger partial charge in [0.2, 0.25) is 5.91 Å². The highest BCUT2D eigenvalue weighted by Crippen LogP contribution is 2.26. The van der Waals surface area contributed by atoms with E-state index in [-0.39, 0.29) is 23.3 Å². The summed E-state index contributed by atoms with van der Waals surface area (Å²) in [6.07, 6.45) is 0. The molecule has 0 saturated carbocycles. The highest BCUT2D eigenvalue weighted by Gasteiger charge is 2.13. The number of benzene rings is 2. The van der Waals surface area contributed by atoms with Crippen molar-refractivity contribution in [2.45, 2.75) is 18.3 Å². The van der Waals surface area contributed by atoms with Gasteiger partial charge in [-0.2, -0.15) is 0 Å². The molecule has 0 atom stereocenters. The Morgan fingerprint density at radius 3 is 2.79 bits per heavy atom. The van der Waals surface area contributed by atoms with Crippen LogP contribution < -0.4 is 10.1 Å². The van der Waals surface area contributed by atoms with E-state index in [2.05, 4.69) is 15.5 Å². The van der Waals surface area contributed by atoms with Crippen molar-refractivity contribution >= 4 is 29.3 Å².